The van der Waals surface area contributed by atoms with Crippen LogP contribution in [0.1, 0.15) is 18.5 Å². The van der Waals surface area contributed by atoms with E-state index in [-0.39, 0.29) is 0 Å². The van der Waals surface area contributed by atoms with Crippen molar-refractivity contribution in [1.29, 1.82) is 5.26 Å². The van der Waals surface area contributed by atoms with Gasteiger partial charge in [-0.05, 0) is 44.0 Å². The average Bonchev–Trinajstić information content (AvgIpc) is 2.42. The highest BCUT2D eigenvalue weighted by Crippen LogP contribution is 2.29. The first kappa shape index (κ1) is 11.3. The molecule has 1 aromatic rings. The lowest BCUT2D eigenvalue weighted by molar-refractivity contribution is 0.0974. The highest BCUT2D eigenvalue weighted by molar-refractivity contribution is 5.54. The normalized spacial score (nSPS) is 29.8. The molecule has 3 N–H and O–H groups in total. The van der Waals surface area contributed by atoms with Crippen LogP contribution in [0.5, 0.6) is 0 Å². The molecule has 4 heterocycles. The minimum atomic E-state index is 0.307. The maximum Gasteiger partial charge on any atom is 0.165 e. The Morgan fingerprint density at radius 3 is 2.78 bits per heavy atom. The molecule has 2 bridgehead atoms. The number of aromatic nitrogens is 1. The molecule has 4 rings (SSSR count). The van der Waals surface area contributed by atoms with E-state index in [0.717, 1.165) is 18.3 Å². The lowest BCUT2D eigenvalue weighted by atomic mass is 9.84. The van der Waals surface area contributed by atoms with Crippen molar-refractivity contribution in [2.45, 2.75) is 18.9 Å². The van der Waals surface area contributed by atoms with E-state index in [4.69, 9.17) is 11.0 Å². The van der Waals surface area contributed by atoms with Gasteiger partial charge in [0.1, 0.15) is 11.9 Å². The molecule has 0 saturated carbocycles. The number of nitriles is 1. The molecule has 3 aliphatic rings. The number of nitrogens with zero attached hydrogens (tertiary/aromatic N) is 3. The summed E-state index contributed by atoms with van der Waals surface area (Å²) < 4.78 is 0. The van der Waals surface area contributed by atoms with Gasteiger partial charge in [-0.15, -0.1) is 0 Å². The van der Waals surface area contributed by atoms with Crippen molar-refractivity contribution < 1.29 is 0 Å². The number of nitrogen functional groups attached to an aromatic ring is 1. The van der Waals surface area contributed by atoms with E-state index >= 15 is 0 Å². The zero-order valence-corrected chi connectivity index (χ0v) is 10.3. The van der Waals surface area contributed by atoms with E-state index in [9.17, 15) is 0 Å². The summed E-state index contributed by atoms with van der Waals surface area (Å²) in [5, 5.41) is 12.4. The Morgan fingerprint density at radius 1 is 1.39 bits per heavy atom. The molecule has 3 saturated heterocycles. The Balaban J connectivity index is 1.75. The highest BCUT2D eigenvalue weighted by atomic mass is 15.2. The van der Waals surface area contributed by atoms with Crippen LogP contribution in [0.15, 0.2) is 12.1 Å². The van der Waals surface area contributed by atoms with Crippen LogP contribution in [-0.4, -0.2) is 35.6 Å². The molecule has 5 heteroatoms. The first-order valence-electron chi connectivity index (χ1n) is 6.42. The van der Waals surface area contributed by atoms with Gasteiger partial charge in [-0.3, -0.25) is 0 Å². The number of anilines is 2. The van der Waals surface area contributed by atoms with Crippen LogP contribution in [0, 0.1) is 17.2 Å². The van der Waals surface area contributed by atoms with Crippen molar-refractivity contribution in [3.8, 4) is 6.07 Å². The van der Waals surface area contributed by atoms with Gasteiger partial charge in [0, 0.05) is 12.6 Å². The van der Waals surface area contributed by atoms with Crippen LogP contribution in [0.4, 0.5) is 11.5 Å². The van der Waals surface area contributed by atoms with Crippen molar-refractivity contribution in [2.75, 3.05) is 30.7 Å². The number of rotatable bonds is 2. The maximum absolute atomic E-state index is 8.93. The summed E-state index contributed by atoms with van der Waals surface area (Å²) in [6, 6.07) is 6.07. The molecular weight excluding hydrogens is 226 g/mol. The Kier molecular flexibility index (Phi) is 2.80. The molecule has 0 radical (unpaired) electrons. The van der Waals surface area contributed by atoms with E-state index in [1.807, 2.05) is 12.1 Å². The second-order valence-electron chi connectivity index (χ2n) is 5.13. The van der Waals surface area contributed by atoms with E-state index in [1.165, 1.54) is 25.9 Å². The standard InChI is InChI=1S/C13H17N5/c14-7-11-10(15)1-2-13(16-11)17-12-8-18-5-3-9(12)4-6-18/h1-2,9,12H,3-6,8,15H2,(H,16,17). The number of piperidine rings is 3. The van der Waals surface area contributed by atoms with Crippen molar-refractivity contribution >= 4 is 11.5 Å². The Morgan fingerprint density at radius 2 is 2.17 bits per heavy atom. The van der Waals surface area contributed by atoms with Crippen LogP contribution < -0.4 is 11.1 Å². The van der Waals surface area contributed by atoms with Gasteiger partial charge in [0.15, 0.2) is 5.69 Å². The van der Waals surface area contributed by atoms with E-state index in [1.54, 1.807) is 6.07 Å². The van der Waals surface area contributed by atoms with Crippen LogP contribution >= 0.6 is 0 Å². The molecule has 18 heavy (non-hydrogen) atoms. The van der Waals surface area contributed by atoms with Crippen molar-refractivity contribution in [2.24, 2.45) is 5.92 Å². The van der Waals surface area contributed by atoms with Crippen LogP contribution in [0.3, 0.4) is 0 Å². The average molecular weight is 243 g/mol. The summed E-state index contributed by atoms with van der Waals surface area (Å²) >= 11 is 0. The third-order valence-corrected chi connectivity index (χ3v) is 4.02. The summed E-state index contributed by atoms with van der Waals surface area (Å²) in [5.41, 5.74) is 6.42. The molecule has 5 nitrogen and oxygen atoms in total. The van der Waals surface area contributed by atoms with Gasteiger partial charge >= 0.3 is 0 Å². The lowest BCUT2D eigenvalue weighted by Gasteiger charge is -2.45. The summed E-state index contributed by atoms with van der Waals surface area (Å²) in [7, 11) is 0. The zero-order chi connectivity index (χ0) is 12.5. The van der Waals surface area contributed by atoms with Gasteiger partial charge in [-0.2, -0.15) is 5.26 Å². The lowest BCUT2D eigenvalue weighted by Crippen LogP contribution is -2.53. The maximum atomic E-state index is 8.93. The zero-order valence-electron chi connectivity index (χ0n) is 10.3. The predicted octanol–water partition coefficient (Wildman–Crippen LogP) is 1.04. The number of nitrogens with one attached hydrogen (secondary N) is 1. The van der Waals surface area contributed by atoms with Gasteiger partial charge in [0.25, 0.3) is 0 Å². The van der Waals surface area contributed by atoms with Gasteiger partial charge in [-0.1, -0.05) is 0 Å². The number of nitrogens with two attached hydrogens (primary N) is 1. The van der Waals surface area contributed by atoms with Gasteiger partial charge in [0.2, 0.25) is 0 Å². The molecule has 3 fully saturated rings. The van der Waals surface area contributed by atoms with Gasteiger partial charge in [-0.25, -0.2) is 4.98 Å². The third kappa shape index (κ3) is 2.00. The minimum Gasteiger partial charge on any atom is -0.396 e. The molecule has 0 spiro atoms. The van der Waals surface area contributed by atoms with Crippen LogP contribution in [-0.2, 0) is 0 Å². The first-order valence-corrected chi connectivity index (χ1v) is 6.42. The number of hydrogen-bond acceptors (Lipinski definition) is 5. The van der Waals surface area contributed by atoms with Crippen molar-refractivity contribution in [3.63, 3.8) is 0 Å². The molecule has 1 unspecified atom stereocenters. The van der Waals surface area contributed by atoms with Crippen LogP contribution in [0.25, 0.3) is 0 Å². The number of fused-ring (bicyclic) bond motifs is 3. The highest BCUT2D eigenvalue weighted by Gasteiger charge is 2.34. The summed E-state index contributed by atoms with van der Waals surface area (Å²) in [6.07, 6.45) is 2.52. The largest absolute Gasteiger partial charge is 0.396 e. The molecule has 1 aromatic heterocycles. The third-order valence-electron chi connectivity index (χ3n) is 4.02. The minimum absolute atomic E-state index is 0.307. The summed E-state index contributed by atoms with van der Waals surface area (Å²) in [6.45, 7) is 3.53. The molecule has 0 aromatic carbocycles. The molecule has 94 valence electrons. The van der Waals surface area contributed by atoms with Gasteiger partial charge in [0.05, 0.1) is 5.69 Å². The van der Waals surface area contributed by atoms with E-state index in [2.05, 4.69) is 15.2 Å². The van der Waals surface area contributed by atoms with Crippen LogP contribution in [0.2, 0.25) is 0 Å². The first-order chi connectivity index (χ1) is 8.76. The van der Waals surface area contributed by atoms with E-state index in [0.29, 0.717) is 17.4 Å². The quantitative estimate of drug-likeness (QED) is 0.811. The second-order valence-corrected chi connectivity index (χ2v) is 5.13. The summed E-state index contributed by atoms with van der Waals surface area (Å²) in [4.78, 5) is 6.74. The van der Waals surface area contributed by atoms with E-state index < -0.39 is 0 Å². The smallest absolute Gasteiger partial charge is 0.165 e. The Hall–Kier alpha value is -1.80. The Labute approximate surface area is 107 Å². The molecular formula is C13H17N5. The second kappa shape index (κ2) is 4.46. The fourth-order valence-corrected chi connectivity index (χ4v) is 2.96. The number of pyridine rings is 1. The van der Waals surface area contributed by atoms with Crippen molar-refractivity contribution in [3.05, 3.63) is 17.8 Å². The summed E-state index contributed by atoms with van der Waals surface area (Å²) in [5.74, 6) is 1.50. The molecule has 3 aliphatic heterocycles. The monoisotopic (exact) mass is 243 g/mol. The van der Waals surface area contributed by atoms with Crippen molar-refractivity contribution in [1.82, 2.24) is 9.88 Å². The predicted molar refractivity (Wildman–Crippen MR) is 69.9 cm³/mol. The Bertz CT molecular complexity index is 485. The molecule has 0 aliphatic carbocycles. The fraction of sp³-hybridized carbons (Fsp3) is 0.538. The molecule has 0 amide bonds. The molecule has 1 atom stereocenters. The number of hydrogen-bond donors (Lipinski definition) is 2. The SMILES string of the molecule is N#Cc1nc(NC2CN3CCC2CC3)ccc1N. The fourth-order valence-electron chi connectivity index (χ4n) is 2.96. The topological polar surface area (TPSA) is 78.0 Å². The van der Waals surface area contributed by atoms with Gasteiger partial charge < -0.3 is 16.0 Å².